The van der Waals surface area contributed by atoms with Crippen LogP contribution in [0.1, 0.15) is 12.5 Å². The van der Waals surface area contributed by atoms with Gasteiger partial charge in [0.1, 0.15) is 5.75 Å². The van der Waals surface area contributed by atoms with Gasteiger partial charge in [0.05, 0.1) is 7.11 Å². The van der Waals surface area contributed by atoms with Gasteiger partial charge in [0.25, 0.3) is 0 Å². The van der Waals surface area contributed by atoms with Crippen LogP contribution in [0.2, 0.25) is 0 Å². The van der Waals surface area contributed by atoms with E-state index in [4.69, 9.17) is 0 Å². The Bertz CT molecular complexity index is 367. The fourth-order valence-corrected chi connectivity index (χ4v) is 1.06. The van der Waals surface area contributed by atoms with Gasteiger partial charge >= 0.3 is 5.97 Å². The third kappa shape index (κ3) is 2.36. The summed E-state index contributed by atoms with van der Waals surface area (Å²) in [7, 11) is 1.32. The number of phenols is 1. The number of methoxy groups -OCH3 is 1. The number of carbonyl (C=O) groups excluding carboxylic acids is 1. The summed E-state index contributed by atoms with van der Waals surface area (Å²) < 4.78 is 4.54. The molecule has 3 nitrogen and oxygen atoms in total. The highest BCUT2D eigenvalue weighted by atomic mass is 16.5. The Morgan fingerprint density at radius 3 is 2.64 bits per heavy atom. The number of hydrogen-bond donors (Lipinski definition) is 1. The van der Waals surface area contributed by atoms with Gasteiger partial charge in [0.2, 0.25) is 0 Å². The minimum absolute atomic E-state index is 0.149. The Hall–Kier alpha value is -1.77. The molecule has 1 N–H and O–H groups in total. The maximum atomic E-state index is 11.1. The van der Waals surface area contributed by atoms with Crippen molar-refractivity contribution in [3.63, 3.8) is 0 Å². The first-order valence-electron chi connectivity index (χ1n) is 4.19. The number of esters is 1. The second-order valence-electron chi connectivity index (χ2n) is 2.88. The minimum atomic E-state index is -0.395. The molecule has 0 aliphatic heterocycles. The Labute approximate surface area is 82.6 Å². The molecule has 14 heavy (non-hydrogen) atoms. The van der Waals surface area contributed by atoms with Gasteiger partial charge in [-0.25, -0.2) is 4.79 Å². The topological polar surface area (TPSA) is 46.5 Å². The maximum Gasteiger partial charge on any atom is 0.333 e. The predicted octanol–water partition coefficient (Wildman–Crippen LogP) is 1.97. The van der Waals surface area contributed by atoms with Crippen molar-refractivity contribution in [3.05, 3.63) is 35.4 Å². The third-order valence-electron chi connectivity index (χ3n) is 1.82. The zero-order chi connectivity index (χ0) is 10.6. The van der Waals surface area contributed by atoms with E-state index >= 15 is 0 Å². The van der Waals surface area contributed by atoms with E-state index in [1.807, 2.05) is 0 Å². The lowest BCUT2D eigenvalue weighted by Gasteiger charge is -2.00. The molecular weight excluding hydrogens is 180 g/mol. The summed E-state index contributed by atoms with van der Waals surface area (Å²) in [5, 5.41) is 9.42. The molecule has 0 aliphatic carbocycles. The predicted molar refractivity (Wildman–Crippen MR) is 53.8 cm³/mol. The molecule has 1 aromatic rings. The van der Waals surface area contributed by atoms with E-state index in [9.17, 15) is 9.90 Å². The molecule has 0 radical (unpaired) electrons. The van der Waals surface area contributed by atoms with Crippen molar-refractivity contribution in [1.82, 2.24) is 0 Å². The average Bonchev–Trinajstić information content (AvgIpc) is 2.20. The van der Waals surface area contributed by atoms with E-state index in [0.29, 0.717) is 11.1 Å². The number of phenolic OH excluding ortho intramolecular Hbond substituents is 1. The quantitative estimate of drug-likeness (QED) is 0.575. The molecule has 0 amide bonds. The van der Waals surface area contributed by atoms with Crippen LogP contribution in [-0.2, 0) is 9.53 Å². The number of para-hydroxylation sites is 1. The van der Waals surface area contributed by atoms with E-state index in [1.54, 1.807) is 37.3 Å². The smallest absolute Gasteiger partial charge is 0.333 e. The number of hydrogen-bond acceptors (Lipinski definition) is 3. The van der Waals surface area contributed by atoms with Gasteiger partial charge < -0.3 is 9.84 Å². The number of ether oxygens (including phenoxy) is 1. The lowest BCUT2D eigenvalue weighted by atomic mass is 10.1. The van der Waals surface area contributed by atoms with Crippen molar-refractivity contribution in [2.24, 2.45) is 0 Å². The SMILES string of the molecule is COC(=O)/C(C)=C/c1ccccc1O. The molecular formula is C11H12O3. The maximum absolute atomic E-state index is 11.1. The van der Waals surface area contributed by atoms with Gasteiger partial charge in [-0.15, -0.1) is 0 Å². The molecule has 0 aromatic heterocycles. The highest BCUT2D eigenvalue weighted by Gasteiger charge is 2.04. The van der Waals surface area contributed by atoms with Crippen LogP contribution in [0.5, 0.6) is 5.75 Å². The Balaban J connectivity index is 2.97. The highest BCUT2D eigenvalue weighted by Crippen LogP contribution is 2.18. The average molecular weight is 192 g/mol. The Kier molecular flexibility index (Phi) is 3.29. The van der Waals surface area contributed by atoms with E-state index < -0.39 is 5.97 Å². The normalized spacial score (nSPS) is 11.1. The van der Waals surface area contributed by atoms with Crippen molar-refractivity contribution in [2.75, 3.05) is 7.11 Å². The van der Waals surface area contributed by atoms with E-state index in [1.165, 1.54) is 7.11 Å². The molecule has 0 aliphatic rings. The fraction of sp³-hybridized carbons (Fsp3) is 0.182. The summed E-state index contributed by atoms with van der Waals surface area (Å²) in [6.07, 6.45) is 1.58. The van der Waals surface area contributed by atoms with Crippen molar-refractivity contribution < 1.29 is 14.6 Å². The van der Waals surface area contributed by atoms with Crippen molar-refractivity contribution in [3.8, 4) is 5.75 Å². The van der Waals surface area contributed by atoms with Gasteiger partial charge in [-0.1, -0.05) is 18.2 Å². The minimum Gasteiger partial charge on any atom is -0.507 e. The molecule has 0 unspecified atom stereocenters. The molecule has 74 valence electrons. The zero-order valence-corrected chi connectivity index (χ0v) is 8.15. The van der Waals surface area contributed by atoms with Crippen LogP contribution in [0.15, 0.2) is 29.8 Å². The lowest BCUT2D eigenvalue weighted by molar-refractivity contribution is -0.135. The summed E-state index contributed by atoms with van der Waals surface area (Å²) in [5.41, 5.74) is 1.06. The monoisotopic (exact) mass is 192 g/mol. The summed E-state index contributed by atoms with van der Waals surface area (Å²) in [6.45, 7) is 1.64. The molecule has 1 rings (SSSR count). The van der Waals surface area contributed by atoms with Crippen LogP contribution >= 0.6 is 0 Å². The lowest BCUT2D eigenvalue weighted by Crippen LogP contribution is -2.00. The first kappa shape index (κ1) is 10.3. The molecule has 0 heterocycles. The summed E-state index contributed by atoms with van der Waals surface area (Å²) in [5.74, 6) is -0.246. The van der Waals surface area contributed by atoms with E-state index in [-0.39, 0.29) is 5.75 Å². The summed E-state index contributed by atoms with van der Waals surface area (Å²) in [4.78, 5) is 11.1. The number of aromatic hydroxyl groups is 1. The van der Waals surface area contributed by atoms with E-state index in [2.05, 4.69) is 4.74 Å². The van der Waals surface area contributed by atoms with Crippen LogP contribution < -0.4 is 0 Å². The van der Waals surface area contributed by atoms with Crippen LogP contribution in [0.4, 0.5) is 0 Å². The van der Waals surface area contributed by atoms with Crippen molar-refractivity contribution >= 4 is 12.0 Å². The highest BCUT2D eigenvalue weighted by molar-refractivity contribution is 5.93. The molecule has 0 saturated carbocycles. The van der Waals surface area contributed by atoms with Crippen molar-refractivity contribution in [2.45, 2.75) is 6.92 Å². The summed E-state index contributed by atoms with van der Waals surface area (Å²) >= 11 is 0. The Morgan fingerprint density at radius 1 is 1.43 bits per heavy atom. The number of carbonyl (C=O) groups is 1. The van der Waals surface area contributed by atoms with E-state index in [0.717, 1.165) is 0 Å². The Morgan fingerprint density at radius 2 is 2.07 bits per heavy atom. The van der Waals surface area contributed by atoms with Gasteiger partial charge in [-0.2, -0.15) is 0 Å². The summed E-state index contributed by atoms with van der Waals surface area (Å²) in [6, 6.07) is 6.80. The largest absolute Gasteiger partial charge is 0.507 e. The third-order valence-corrected chi connectivity index (χ3v) is 1.82. The van der Waals surface area contributed by atoms with Crippen LogP contribution in [0, 0.1) is 0 Å². The first-order chi connectivity index (χ1) is 6.65. The van der Waals surface area contributed by atoms with Gasteiger partial charge in [-0.3, -0.25) is 0 Å². The van der Waals surface area contributed by atoms with Crippen LogP contribution in [-0.4, -0.2) is 18.2 Å². The molecule has 0 saturated heterocycles. The molecule has 0 atom stereocenters. The molecule has 1 aromatic carbocycles. The molecule has 0 spiro atoms. The van der Waals surface area contributed by atoms with Gasteiger partial charge in [0.15, 0.2) is 0 Å². The van der Waals surface area contributed by atoms with Gasteiger partial charge in [0, 0.05) is 11.1 Å². The van der Waals surface area contributed by atoms with Crippen molar-refractivity contribution in [1.29, 1.82) is 0 Å². The molecule has 0 fully saturated rings. The fourth-order valence-electron chi connectivity index (χ4n) is 1.06. The van der Waals surface area contributed by atoms with Crippen LogP contribution in [0.25, 0.3) is 6.08 Å². The van der Waals surface area contributed by atoms with Crippen LogP contribution in [0.3, 0.4) is 0 Å². The number of benzene rings is 1. The second kappa shape index (κ2) is 4.46. The first-order valence-corrected chi connectivity index (χ1v) is 4.19. The molecule has 3 heteroatoms. The standard InChI is InChI=1S/C11H12O3/c1-8(11(13)14-2)7-9-5-3-4-6-10(9)12/h3-7,12H,1-2H3/b8-7+. The second-order valence-corrected chi connectivity index (χ2v) is 2.88. The zero-order valence-electron chi connectivity index (χ0n) is 8.15. The molecule has 0 bridgehead atoms. The number of rotatable bonds is 2. The van der Waals surface area contributed by atoms with Gasteiger partial charge in [-0.05, 0) is 19.1 Å².